The molecule has 0 fully saturated rings. The molecule has 0 bridgehead atoms. The van der Waals surface area contributed by atoms with Gasteiger partial charge in [0.1, 0.15) is 0 Å². The molecule has 0 saturated heterocycles. The maximum Gasteiger partial charge on any atom is 0.237 e. The SMILES string of the molecule is CCCNc1nnc(S[C@H](C)C(=O)Nc2ccc(C(C)C)cc2)s1. The molecule has 1 atom stereocenters. The molecule has 0 aliphatic rings. The van der Waals surface area contributed by atoms with Gasteiger partial charge >= 0.3 is 0 Å². The minimum Gasteiger partial charge on any atom is -0.360 e. The summed E-state index contributed by atoms with van der Waals surface area (Å²) >= 11 is 2.91. The molecular formula is C17H24N4OS2. The first-order valence-electron chi connectivity index (χ1n) is 8.14. The predicted molar refractivity (Wildman–Crippen MR) is 103 cm³/mol. The fraction of sp³-hybridized carbons (Fsp3) is 0.471. The van der Waals surface area contributed by atoms with E-state index < -0.39 is 0 Å². The lowest BCUT2D eigenvalue weighted by Crippen LogP contribution is -2.22. The first-order chi connectivity index (χ1) is 11.5. The van der Waals surface area contributed by atoms with Gasteiger partial charge in [0.2, 0.25) is 11.0 Å². The number of anilines is 2. The second-order valence-electron chi connectivity index (χ2n) is 5.83. The van der Waals surface area contributed by atoms with Crippen molar-refractivity contribution in [2.75, 3.05) is 17.2 Å². The van der Waals surface area contributed by atoms with Crippen molar-refractivity contribution in [2.45, 2.75) is 49.6 Å². The Morgan fingerprint density at radius 1 is 1.21 bits per heavy atom. The van der Waals surface area contributed by atoms with Crippen LogP contribution in [0.1, 0.15) is 45.6 Å². The third kappa shape index (κ3) is 5.49. The maximum absolute atomic E-state index is 12.3. The Morgan fingerprint density at radius 2 is 1.92 bits per heavy atom. The van der Waals surface area contributed by atoms with E-state index in [1.54, 1.807) is 0 Å². The Kier molecular flexibility index (Phi) is 7.05. The monoisotopic (exact) mass is 364 g/mol. The van der Waals surface area contributed by atoms with E-state index in [1.165, 1.54) is 28.7 Å². The number of nitrogens with one attached hydrogen (secondary N) is 2. The minimum atomic E-state index is -0.234. The van der Waals surface area contributed by atoms with Crippen molar-refractivity contribution in [3.8, 4) is 0 Å². The molecule has 0 aliphatic carbocycles. The van der Waals surface area contributed by atoms with Crippen LogP contribution in [0.5, 0.6) is 0 Å². The highest BCUT2D eigenvalue weighted by atomic mass is 32.2. The zero-order valence-electron chi connectivity index (χ0n) is 14.5. The summed E-state index contributed by atoms with van der Waals surface area (Å²) in [7, 11) is 0. The number of carbonyl (C=O) groups is 1. The molecule has 1 heterocycles. The molecule has 5 nitrogen and oxygen atoms in total. The van der Waals surface area contributed by atoms with Gasteiger partial charge in [-0.15, -0.1) is 10.2 Å². The third-order valence-electron chi connectivity index (χ3n) is 3.42. The van der Waals surface area contributed by atoms with Crippen molar-refractivity contribution in [1.82, 2.24) is 10.2 Å². The molecule has 2 aromatic rings. The molecule has 0 saturated carbocycles. The largest absolute Gasteiger partial charge is 0.360 e. The van der Waals surface area contributed by atoms with Crippen molar-refractivity contribution in [2.24, 2.45) is 0 Å². The Labute approximate surface area is 151 Å². The van der Waals surface area contributed by atoms with Crippen LogP contribution >= 0.6 is 23.1 Å². The third-order valence-corrected chi connectivity index (χ3v) is 5.49. The molecule has 2 N–H and O–H groups in total. The Hall–Kier alpha value is -1.60. The summed E-state index contributed by atoms with van der Waals surface area (Å²) in [6.07, 6.45) is 1.04. The van der Waals surface area contributed by atoms with Crippen molar-refractivity contribution < 1.29 is 4.79 Å². The molecule has 0 unspecified atom stereocenters. The Morgan fingerprint density at radius 3 is 2.54 bits per heavy atom. The molecule has 0 radical (unpaired) electrons. The van der Waals surface area contributed by atoms with E-state index in [4.69, 9.17) is 0 Å². The fourth-order valence-electron chi connectivity index (χ4n) is 1.96. The van der Waals surface area contributed by atoms with Crippen LogP contribution in [-0.4, -0.2) is 27.9 Å². The van der Waals surface area contributed by atoms with E-state index in [2.05, 4.69) is 53.7 Å². The summed E-state index contributed by atoms with van der Waals surface area (Å²) in [4.78, 5) is 12.3. The van der Waals surface area contributed by atoms with Gasteiger partial charge in [0.15, 0.2) is 4.34 Å². The van der Waals surface area contributed by atoms with Crippen molar-refractivity contribution in [3.05, 3.63) is 29.8 Å². The highest BCUT2D eigenvalue weighted by molar-refractivity contribution is 8.02. The van der Waals surface area contributed by atoms with Crippen LogP contribution in [0.25, 0.3) is 0 Å². The summed E-state index contributed by atoms with van der Waals surface area (Å²) in [6, 6.07) is 7.99. The van der Waals surface area contributed by atoms with Gasteiger partial charge in [-0.3, -0.25) is 4.79 Å². The smallest absolute Gasteiger partial charge is 0.237 e. The zero-order chi connectivity index (χ0) is 17.5. The summed E-state index contributed by atoms with van der Waals surface area (Å²) in [5.41, 5.74) is 2.08. The molecular weight excluding hydrogens is 340 g/mol. The van der Waals surface area contributed by atoms with Gasteiger partial charge in [-0.25, -0.2) is 0 Å². The second kappa shape index (κ2) is 9.03. The average molecular weight is 365 g/mol. The molecule has 1 aromatic heterocycles. The number of benzene rings is 1. The lowest BCUT2D eigenvalue weighted by atomic mass is 10.0. The molecule has 1 aromatic carbocycles. The number of carbonyl (C=O) groups excluding carboxylic acids is 1. The average Bonchev–Trinajstić information content (AvgIpc) is 3.00. The molecule has 0 aliphatic heterocycles. The van der Waals surface area contributed by atoms with E-state index in [9.17, 15) is 4.79 Å². The van der Waals surface area contributed by atoms with E-state index in [0.29, 0.717) is 5.92 Å². The Bertz CT molecular complexity index is 655. The number of rotatable bonds is 8. The predicted octanol–water partition coefficient (Wildman–Crippen LogP) is 4.60. The quantitative estimate of drug-likeness (QED) is 0.670. The number of amides is 1. The van der Waals surface area contributed by atoms with Crippen LogP contribution in [0.15, 0.2) is 28.6 Å². The van der Waals surface area contributed by atoms with Crippen LogP contribution in [0, 0.1) is 0 Å². The lowest BCUT2D eigenvalue weighted by Gasteiger charge is -2.11. The van der Waals surface area contributed by atoms with Crippen molar-refractivity contribution >= 4 is 39.8 Å². The van der Waals surface area contributed by atoms with E-state index >= 15 is 0 Å². The van der Waals surface area contributed by atoms with E-state index in [0.717, 1.165) is 28.1 Å². The molecule has 7 heteroatoms. The minimum absolute atomic E-state index is 0.0319. The summed E-state index contributed by atoms with van der Waals surface area (Å²) < 4.78 is 0.798. The van der Waals surface area contributed by atoms with Gasteiger partial charge in [-0.2, -0.15) is 0 Å². The highest BCUT2D eigenvalue weighted by Crippen LogP contribution is 2.29. The molecule has 2 rings (SSSR count). The molecule has 0 spiro atoms. The second-order valence-corrected chi connectivity index (χ2v) is 8.39. The van der Waals surface area contributed by atoms with Gasteiger partial charge in [0.25, 0.3) is 0 Å². The number of hydrogen-bond acceptors (Lipinski definition) is 6. The number of hydrogen-bond donors (Lipinski definition) is 2. The molecule has 130 valence electrons. The van der Waals surface area contributed by atoms with Gasteiger partial charge < -0.3 is 10.6 Å². The van der Waals surface area contributed by atoms with Crippen LogP contribution in [-0.2, 0) is 4.79 Å². The van der Waals surface area contributed by atoms with Crippen molar-refractivity contribution in [1.29, 1.82) is 0 Å². The maximum atomic E-state index is 12.3. The summed E-state index contributed by atoms with van der Waals surface area (Å²) in [6.45, 7) is 9.16. The van der Waals surface area contributed by atoms with E-state index in [1.807, 2.05) is 19.1 Å². The first-order valence-corrected chi connectivity index (χ1v) is 9.84. The van der Waals surface area contributed by atoms with Gasteiger partial charge in [-0.05, 0) is 37.0 Å². The van der Waals surface area contributed by atoms with Crippen LogP contribution < -0.4 is 10.6 Å². The van der Waals surface area contributed by atoms with Gasteiger partial charge in [0, 0.05) is 12.2 Å². The summed E-state index contributed by atoms with van der Waals surface area (Å²) in [5, 5.41) is 14.9. The lowest BCUT2D eigenvalue weighted by molar-refractivity contribution is -0.115. The topological polar surface area (TPSA) is 66.9 Å². The fourth-order valence-corrected chi connectivity index (χ4v) is 3.88. The summed E-state index contributed by atoms with van der Waals surface area (Å²) in [5.74, 6) is 0.452. The Balaban J connectivity index is 1.88. The first kappa shape index (κ1) is 18.7. The highest BCUT2D eigenvalue weighted by Gasteiger charge is 2.17. The van der Waals surface area contributed by atoms with Crippen LogP contribution in [0.3, 0.4) is 0 Å². The zero-order valence-corrected chi connectivity index (χ0v) is 16.1. The standard InChI is InChI=1S/C17H24N4OS2/c1-5-10-18-16-20-21-17(24-16)23-12(4)15(22)19-14-8-6-13(7-9-14)11(2)3/h6-9,11-12H,5,10H2,1-4H3,(H,18,20)(H,19,22)/t12-/m1/s1. The van der Waals surface area contributed by atoms with E-state index in [-0.39, 0.29) is 11.2 Å². The molecule has 24 heavy (non-hydrogen) atoms. The van der Waals surface area contributed by atoms with Gasteiger partial charge in [0.05, 0.1) is 5.25 Å². The number of nitrogens with zero attached hydrogens (tertiary/aromatic N) is 2. The van der Waals surface area contributed by atoms with Gasteiger partial charge in [-0.1, -0.05) is 56.0 Å². The number of thioether (sulfide) groups is 1. The normalized spacial score (nSPS) is 12.2. The van der Waals surface area contributed by atoms with Crippen LogP contribution in [0.4, 0.5) is 10.8 Å². The van der Waals surface area contributed by atoms with Crippen LogP contribution in [0.2, 0.25) is 0 Å². The van der Waals surface area contributed by atoms with Crippen molar-refractivity contribution in [3.63, 3.8) is 0 Å². The number of aromatic nitrogens is 2. The molecule has 1 amide bonds.